The highest BCUT2D eigenvalue weighted by atomic mass is 19.4. The molecule has 0 bridgehead atoms. The molecule has 3 nitrogen and oxygen atoms in total. The van der Waals surface area contributed by atoms with Gasteiger partial charge in [0, 0.05) is 30.8 Å². The molecule has 0 unspecified atom stereocenters. The van der Waals surface area contributed by atoms with Gasteiger partial charge in [-0.15, -0.1) is 0 Å². The lowest BCUT2D eigenvalue weighted by molar-refractivity contribution is -0.164. The maximum atomic E-state index is 11.2. The molecule has 0 amide bonds. The number of rotatable bonds is 10. The number of halogens is 6. The van der Waals surface area contributed by atoms with Crippen LogP contribution in [0.15, 0.2) is 0 Å². The van der Waals surface area contributed by atoms with E-state index in [1.165, 1.54) is 91.4 Å². The lowest BCUT2D eigenvalue weighted by Gasteiger charge is -2.38. The third-order valence-corrected chi connectivity index (χ3v) is 13.2. The highest BCUT2D eigenvalue weighted by Crippen LogP contribution is 2.36. The van der Waals surface area contributed by atoms with Crippen LogP contribution in [-0.4, -0.2) is 63.9 Å². The summed E-state index contributed by atoms with van der Waals surface area (Å²) in [5, 5.41) is 3.24. The normalized spacial score (nSPS) is 16.3. The quantitative estimate of drug-likeness (QED) is 0.221. The van der Waals surface area contributed by atoms with Crippen molar-refractivity contribution in [3.63, 3.8) is 0 Å². The van der Waals surface area contributed by atoms with Crippen LogP contribution in [0.5, 0.6) is 0 Å². The monoisotopic (exact) mass is 1080 g/mol. The number of ether oxygens (including phenoxy) is 1. The largest absolute Gasteiger partial charge is 0.391 e. The van der Waals surface area contributed by atoms with Crippen molar-refractivity contribution in [1.29, 1.82) is 0 Å². The Bertz CT molecular complexity index is 945. The topological polar surface area (TPSA) is 24.5 Å². The van der Waals surface area contributed by atoms with Gasteiger partial charge in [-0.2, -0.15) is 13.2 Å². The minimum Gasteiger partial charge on any atom is -0.381 e. The van der Waals surface area contributed by atoms with Gasteiger partial charge >= 0.3 is 6.18 Å². The van der Waals surface area contributed by atoms with E-state index in [1.54, 1.807) is 0 Å². The molecule has 3 heterocycles. The second kappa shape index (κ2) is 55.8. The first kappa shape index (κ1) is 90.0. The van der Waals surface area contributed by atoms with E-state index >= 15 is 0 Å². The van der Waals surface area contributed by atoms with E-state index in [0.717, 1.165) is 122 Å². The number of likely N-dealkylation sites (tertiary alicyclic amines) is 1. The third-order valence-electron chi connectivity index (χ3n) is 13.2. The van der Waals surface area contributed by atoms with E-state index in [1.807, 2.05) is 0 Å². The van der Waals surface area contributed by atoms with E-state index in [4.69, 9.17) is 4.74 Å². The molecule has 0 radical (unpaired) electrons. The Kier molecular flexibility index (Phi) is 67.8. The fourth-order valence-corrected chi connectivity index (χ4v) is 5.04. The maximum Gasteiger partial charge on any atom is 0.391 e. The molecule has 9 heteroatoms. The van der Waals surface area contributed by atoms with Gasteiger partial charge in [0.15, 0.2) is 0 Å². The first-order valence-corrected chi connectivity index (χ1v) is 30.5. The van der Waals surface area contributed by atoms with Crippen LogP contribution in [0.3, 0.4) is 0 Å². The predicted octanol–water partition coefficient (Wildman–Crippen LogP) is 22.2. The van der Waals surface area contributed by atoms with Gasteiger partial charge in [0.1, 0.15) is 0 Å². The first-order chi connectivity index (χ1) is 33.1. The Balaban J connectivity index is -0.000000107. The van der Waals surface area contributed by atoms with Crippen molar-refractivity contribution in [2.45, 2.75) is 272 Å². The Morgan fingerprint density at radius 2 is 0.757 bits per heavy atom. The van der Waals surface area contributed by atoms with Gasteiger partial charge in [-0.05, 0) is 122 Å². The van der Waals surface area contributed by atoms with Crippen molar-refractivity contribution < 1.29 is 31.4 Å². The highest BCUT2D eigenvalue weighted by molar-refractivity contribution is 4.79. The summed E-state index contributed by atoms with van der Waals surface area (Å²) >= 11 is 0. The number of hydrogen-bond donors (Lipinski definition) is 1. The number of nitrogens with one attached hydrogen (secondary N) is 1. The molecule has 3 aliphatic heterocycles. The van der Waals surface area contributed by atoms with Crippen molar-refractivity contribution in [2.75, 3.05) is 46.4 Å². The number of hydrogen-bond acceptors (Lipinski definition) is 3. The van der Waals surface area contributed by atoms with Crippen LogP contribution in [0.2, 0.25) is 0 Å². The molecule has 0 aromatic rings. The average Bonchev–Trinajstić information content (AvgIpc) is 3.99. The molecule has 5 aliphatic rings. The molecule has 3 saturated heterocycles. The Morgan fingerprint density at radius 1 is 0.473 bits per heavy atom. The molecule has 5 fully saturated rings. The van der Waals surface area contributed by atoms with Crippen molar-refractivity contribution in [3.05, 3.63) is 0 Å². The van der Waals surface area contributed by atoms with Crippen LogP contribution in [0.4, 0.5) is 26.7 Å². The van der Waals surface area contributed by atoms with Gasteiger partial charge in [-0.25, -0.2) is 8.78 Å². The van der Waals surface area contributed by atoms with Gasteiger partial charge < -0.3 is 15.0 Å². The van der Waals surface area contributed by atoms with Crippen LogP contribution in [0, 0.1) is 107 Å². The minimum absolute atomic E-state index is 0. The van der Waals surface area contributed by atoms with E-state index in [9.17, 15) is 22.0 Å². The van der Waals surface area contributed by atoms with Crippen LogP contribution < -0.4 is 5.32 Å². The van der Waals surface area contributed by atoms with Crippen molar-refractivity contribution in [1.82, 2.24) is 10.2 Å². The molecule has 1 N–H and O–H groups in total. The van der Waals surface area contributed by atoms with Crippen molar-refractivity contribution in [2.24, 2.45) is 107 Å². The molecule has 2 saturated carbocycles. The lowest BCUT2D eigenvalue weighted by atomic mass is 9.78. The SMILES string of the molecule is CC(C)C.CC(C)C.CC(C)C(C)C.CC(C)C(F)(F)F.CC(C)C(F)F.CC(C)C1CC1.CC(C)C1CCC1.CC(C)C1CN(C)C1.CC(C)C1CNC1.CC(C)C1COC1.CCC(C)C.CCCC(C)C.F. The van der Waals surface area contributed by atoms with Crippen molar-refractivity contribution in [3.8, 4) is 0 Å². The zero-order valence-electron chi connectivity index (χ0n) is 56.0. The molecule has 0 spiro atoms. The van der Waals surface area contributed by atoms with E-state index in [2.05, 4.69) is 197 Å². The smallest absolute Gasteiger partial charge is 0.381 e. The zero-order valence-corrected chi connectivity index (χ0v) is 56.0. The summed E-state index contributed by atoms with van der Waals surface area (Å²) in [6, 6.07) is 0. The standard InChI is InChI=1S/C7H15N.C7H14.C6H13N.C6H12O.C6H12.2C6H14.C5H12.C4H7F3.C4H8F2.2C4H10.FH/c1-6(2)7-4-8(3)5-7;1-6(2)7-4-3-5-7;2*1-5(2)6-3-7-4-6;1-5(2)6-3-4-6;1-5(2)6(3)4;1-4-5-6(2)3;1-4-5(2)3;1-3(2)4(5,6)7;1-3(2)4(5)6;2*1-4(2)3;/h6-7H,4-5H2,1-3H3;6-7H,3-5H2,1-2H3;5-7H,3-4H2,1-2H3;5-6H,3-4H2,1-2H3;5-6H,3-4H2,1-2H3;5-6H,1-4H3;6H,4-5H2,1-3H3;5H,4H2,1-3H3;3H,1-2H3;3-4H,1-2H3;2*4H,1-3H3;1H. The van der Waals surface area contributed by atoms with Gasteiger partial charge in [0.25, 0.3) is 0 Å². The summed E-state index contributed by atoms with van der Waals surface area (Å²) in [4.78, 5) is 2.37. The highest BCUT2D eigenvalue weighted by Gasteiger charge is 2.31. The summed E-state index contributed by atoms with van der Waals surface area (Å²) in [5.41, 5.74) is 0. The van der Waals surface area contributed by atoms with E-state index in [0.29, 0.717) is 0 Å². The second-order valence-corrected chi connectivity index (χ2v) is 27.2. The number of nitrogens with zero attached hydrogens (tertiary/aromatic N) is 1. The van der Waals surface area contributed by atoms with Gasteiger partial charge in [-0.1, -0.05) is 246 Å². The molecule has 0 atom stereocenters. The molecule has 0 aromatic carbocycles. The summed E-state index contributed by atoms with van der Waals surface area (Å²) in [5.74, 6) is 13.0. The summed E-state index contributed by atoms with van der Waals surface area (Å²) in [6.45, 7) is 70.6. The fraction of sp³-hybridized carbons (Fsp3) is 1.00. The molecule has 74 heavy (non-hydrogen) atoms. The molecule has 2 aliphatic carbocycles. The molecule has 460 valence electrons. The Labute approximate surface area is 464 Å². The minimum atomic E-state index is -4.00. The summed E-state index contributed by atoms with van der Waals surface area (Å²) in [6.07, 6.45) is 5.34. The average molecular weight is 1080 g/mol. The molecule has 5 rings (SSSR count). The van der Waals surface area contributed by atoms with E-state index < -0.39 is 24.4 Å². The summed E-state index contributed by atoms with van der Waals surface area (Å²) in [7, 11) is 2.18. The lowest BCUT2D eigenvalue weighted by Crippen LogP contribution is -2.46. The summed E-state index contributed by atoms with van der Waals surface area (Å²) < 4.78 is 60.8. The Hall–Kier alpha value is -0.540. The van der Waals surface area contributed by atoms with Crippen LogP contribution >= 0.6 is 0 Å². The fourth-order valence-electron chi connectivity index (χ4n) is 5.04. The van der Waals surface area contributed by atoms with Crippen molar-refractivity contribution >= 4 is 0 Å². The Morgan fingerprint density at radius 3 is 0.770 bits per heavy atom. The second-order valence-electron chi connectivity index (χ2n) is 27.2. The van der Waals surface area contributed by atoms with Crippen LogP contribution in [-0.2, 0) is 4.74 Å². The molecular formula is C65H142F6N2O. The van der Waals surface area contributed by atoms with Gasteiger partial charge in [0.2, 0.25) is 6.43 Å². The van der Waals surface area contributed by atoms with E-state index in [-0.39, 0.29) is 4.70 Å². The molecule has 0 aromatic heterocycles. The first-order valence-electron chi connectivity index (χ1n) is 30.5. The van der Waals surface area contributed by atoms with Gasteiger partial charge in [0.05, 0.1) is 13.2 Å². The third kappa shape index (κ3) is 78.0. The number of alkyl halides is 5. The zero-order chi connectivity index (χ0) is 59.4. The van der Waals surface area contributed by atoms with Crippen LogP contribution in [0.25, 0.3) is 0 Å². The molecular weight excluding hydrogens is 939 g/mol. The van der Waals surface area contributed by atoms with Gasteiger partial charge in [-0.3, -0.25) is 4.70 Å². The maximum absolute atomic E-state index is 11.2. The predicted molar refractivity (Wildman–Crippen MR) is 326 cm³/mol. The van der Waals surface area contributed by atoms with Crippen LogP contribution in [0.1, 0.15) is 259 Å².